The molecule has 4 heterocycles. The lowest BCUT2D eigenvalue weighted by atomic mass is 10.0. The van der Waals surface area contributed by atoms with Crippen LogP contribution >= 0.6 is 0 Å². The minimum Gasteiger partial charge on any atom is -0.371 e. The molecule has 7 heteroatoms. The van der Waals surface area contributed by atoms with E-state index in [0.29, 0.717) is 6.61 Å². The molecule has 2 aromatic heterocycles. The lowest BCUT2D eigenvalue weighted by molar-refractivity contribution is 0.0997. The fourth-order valence-corrected chi connectivity index (χ4v) is 3.81. The molecule has 2 aromatic rings. The molecule has 27 heavy (non-hydrogen) atoms. The van der Waals surface area contributed by atoms with E-state index in [1.807, 2.05) is 36.5 Å². The number of carbonyl (C=O) groups excluding carboxylic acids is 1. The fourth-order valence-electron chi connectivity index (χ4n) is 3.81. The van der Waals surface area contributed by atoms with Gasteiger partial charge in [-0.1, -0.05) is 6.07 Å². The Morgan fingerprint density at radius 2 is 1.85 bits per heavy atom. The highest BCUT2D eigenvalue weighted by Gasteiger charge is 2.31. The molecule has 2 amide bonds. The Bertz CT molecular complexity index is 735. The largest absolute Gasteiger partial charge is 0.371 e. The van der Waals surface area contributed by atoms with Gasteiger partial charge in [-0.3, -0.25) is 4.98 Å². The van der Waals surface area contributed by atoms with Crippen molar-refractivity contribution < 1.29 is 9.53 Å². The van der Waals surface area contributed by atoms with Gasteiger partial charge in [0.15, 0.2) is 0 Å². The molecule has 0 saturated carbocycles. The molecule has 142 valence electrons. The normalized spacial score (nSPS) is 23.2. The Kier molecular flexibility index (Phi) is 5.48. The van der Waals surface area contributed by atoms with Crippen LogP contribution in [-0.4, -0.2) is 47.8 Å². The van der Waals surface area contributed by atoms with E-state index in [1.165, 1.54) is 0 Å². The maximum Gasteiger partial charge on any atom is 0.315 e. The van der Waals surface area contributed by atoms with Crippen molar-refractivity contribution in [2.75, 3.05) is 24.6 Å². The van der Waals surface area contributed by atoms with E-state index >= 15 is 0 Å². The smallest absolute Gasteiger partial charge is 0.315 e. The Hall–Kier alpha value is -2.67. The molecule has 4 rings (SSSR count). The van der Waals surface area contributed by atoms with Crippen molar-refractivity contribution in [1.29, 1.82) is 0 Å². The number of rotatable bonds is 4. The Morgan fingerprint density at radius 3 is 2.59 bits per heavy atom. The van der Waals surface area contributed by atoms with Crippen LogP contribution in [0.15, 0.2) is 48.9 Å². The third-order valence-electron chi connectivity index (χ3n) is 5.25. The number of urea groups is 1. The van der Waals surface area contributed by atoms with Crippen LogP contribution in [0.25, 0.3) is 0 Å². The van der Waals surface area contributed by atoms with Crippen LogP contribution in [-0.2, 0) is 4.74 Å². The number of nitrogens with zero attached hydrogens (tertiary/aromatic N) is 3. The van der Waals surface area contributed by atoms with Crippen molar-refractivity contribution in [2.24, 2.45) is 0 Å². The number of aromatic nitrogens is 2. The van der Waals surface area contributed by atoms with Crippen LogP contribution in [0.3, 0.4) is 0 Å². The highest BCUT2D eigenvalue weighted by atomic mass is 16.5. The van der Waals surface area contributed by atoms with E-state index < -0.39 is 0 Å². The first-order valence-corrected chi connectivity index (χ1v) is 9.54. The third kappa shape index (κ3) is 4.36. The van der Waals surface area contributed by atoms with Gasteiger partial charge in [-0.25, -0.2) is 9.78 Å². The van der Waals surface area contributed by atoms with Crippen molar-refractivity contribution in [1.82, 2.24) is 20.6 Å². The van der Waals surface area contributed by atoms with Crippen LogP contribution in [0.2, 0.25) is 0 Å². The lowest BCUT2D eigenvalue weighted by Crippen LogP contribution is -2.50. The molecular formula is C20H25N5O2. The standard InChI is InChI=1S/C20H25N5O2/c26-20(24-17-8-14-27-19(17)15-4-10-21-11-5-15)23-16-6-12-25(13-7-16)18-3-1-2-9-22-18/h1-5,9-11,16-17,19H,6-8,12-14H2,(H2,23,24,26)/t17-,19+/m1/s1. The van der Waals surface area contributed by atoms with Gasteiger partial charge in [0.2, 0.25) is 0 Å². The van der Waals surface area contributed by atoms with Crippen molar-refractivity contribution in [2.45, 2.75) is 37.5 Å². The summed E-state index contributed by atoms with van der Waals surface area (Å²) in [6.07, 6.45) is 7.86. The highest BCUT2D eigenvalue weighted by molar-refractivity contribution is 5.74. The van der Waals surface area contributed by atoms with Crippen LogP contribution < -0.4 is 15.5 Å². The number of anilines is 1. The van der Waals surface area contributed by atoms with E-state index in [1.54, 1.807) is 12.4 Å². The van der Waals surface area contributed by atoms with Gasteiger partial charge < -0.3 is 20.3 Å². The third-order valence-corrected chi connectivity index (χ3v) is 5.25. The first-order valence-electron chi connectivity index (χ1n) is 9.54. The molecule has 2 aliphatic heterocycles. The van der Waals surface area contributed by atoms with E-state index in [-0.39, 0.29) is 24.2 Å². The zero-order valence-corrected chi connectivity index (χ0v) is 15.3. The summed E-state index contributed by atoms with van der Waals surface area (Å²) >= 11 is 0. The number of nitrogens with one attached hydrogen (secondary N) is 2. The summed E-state index contributed by atoms with van der Waals surface area (Å²) in [4.78, 5) is 23.2. The minimum atomic E-state index is -0.110. The van der Waals surface area contributed by atoms with Crippen LogP contribution in [0.4, 0.5) is 10.6 Å². The first kappa shape index (κ1) is 17.7. The predicted octanol–water partition coefficient (Wildman–Crippen LogP) is 2.27. The second kappa shape index (κ2) is 8.35. The quantitative estimate of drug-likeness (QED) is 0.867. The molecule has 2 atom stereocenters. The molecule has 7 nitrogen and oxygen atoms in total. The summed E-state index contributed by atoms with van der Waals surface area (Å²) in [5.74, 6) is 1.00. The van der Waals surface area contributed by atoms with Gasteiger partial charge in [-0.2, -0.15) is 0 Å². The van der Waals surface area contributed by atoms with Crippen molar-refractivity contribution >= 4 is 11.8 Å². The zero-order chi connectivity index (χ0) is 18.5. The lowest BCUT2D eigenvalue weighted by Gasteiger charge is -2.33. The molecule has 0 unspecified atom stereocenters. The zero-order valence-electron chi connectivity index (χ0n) is 15.3. The molecule has 0 spiro atoms. The number of ether oxygens (including phenoxy) is 1. The number of hydrogen-bond donors (Lipinski definition) is 2. The fraction of sp³-hybridized carbons (Fsp3) is 0.450. The molecule has 2 fully saturated rings. The van der Waals surface area contributed by atoms with Gasteiger partial charge in [-0.05, 0) is 49.1 Å². The number of amides is 2. The number of piperidine rings is 1. The van der Waals surface area contributed by atoms with Crippen LogP contribution in [0.5, 0.6) is 0 Å². The van der Waals surface area contributed by atoms with E-state index in [0.717, 1.165) is 43.7 Å². The SMILES string of the molecule is O=C(NC1CCN(c2ccccn2)CC1)N[C@@H]1CCO[C@H]1c1ccncc1. The topological polar surface area (TPSA) is 79.4 Å². The first-order chi connectivity index (χ1) is 13.3. The summed E-state index contributed by atoms with van der Waals surface area (Å²) in [6, 6.07) is 9.90. The molecule has 0 aromatic carbocycles. The molecule has 0 radical (unpaired) electrons. The van der Waals surface area contributed by atoms with Crippen molar-refractivity contribution in [3.8, 4) is 0 Å². The van der Waals surface area contributed by atoms with E-state index in [9.17, 15) is 4.79 Å². The predicted molar refractivity (Wildman–Crippen MR) is 102 cm³/mol. The van der Waals surface area contributed by atoms with Gasteiger partial charge in [0.25, 0.3) is 0 Å². The Balaban J connectivity index is 1.26. The van der Waals surface area contributed by atoms with Gasteiger partial charge in [0, 0.05) is 44.3 Å². The van der Waals surface area contributed by atoms with Gasteiger partial charge in [0.1, 0.15) is 11.9 Å². The summed E-state index contributed by atoms with van der Waals surface area (Å²) in [5, 5.41) is 6.22. The molecule has 2 N–H and O–H groups in total. The Morgan fingerprint density at radius 1 is 1.04 bits per heavy atom. The summed E-state index contributed by atoms with van der Waals surface area (Å²) < 4.78 is 5.82. The molecule has 0 bridgehead atoms. The van der Waals surface area contributed by atoms with Gasteiger partial charge in [0.05, 0.1) is 6.04 Å². The Labute approximate surface area is 159 Å². The van der Waals surface area contributed by atoms with E-state index in [2.05, 4.69) is 25.5 Å². The minimum absolute atomic E-state index is 0.0130. The average Bonchev–Trinajstić information content (AvgIpc) is 3.18. The molecule has 2 aliphatic rings. The molecule has 2 saturated heterocycles. The molecule has 0 aliphatic carbocycles. The van der Waals surface area contributed by atoms with Crippen LogP contribution in [0, 0.1) is 0 Å². The van der Waals surface area contributed by atoms with Crippen molar-refractivity contribution in [3.05, 3.63) is 54.5 Å². The van der Waals surface area contributed by atoms with Crippen molar-refractivity contribution in [3.63, 3.8) is 0 Å². The summed E-state index contributed by atoms with van der Waals surface area (Å²) in [6.45, 7) is 2.45. The number of carbonyl (C=O) groups is 1. The summed E-state index contributed by atoms with van der Waals surface area (Å²) in [5.41, 5.74) is 1.05. The average molecular weight is 367 g/mol. The van der Waals surface area contributed by atoms with Crippen LogP contribution in [0.1, 0.15) is 30.9 Å². The van der Waals surface area contributed by atoms with E-state index in [4.69, 9.17) is 4.74 Å². The maximum atomic E-state index is 12.5. The van der Waals surface area contributed by atoms with Gasteiger partial charge >= 0.3 is 6.03 Å². The number of pyridine rings is 2. The van der Waals surface area contributed by atoms with Gasteiger partial charge in [-0.15, -0.1) is 0 Å². The second-order valence-electron chi connectivity index (χ2n) is 7.03. The monoisotopic (exact) mass is 367 g/mol. The second-order valence-corrected chi connectivity index (χ2v) is 7.03. The maximum absolute atomic E-state index is 12.5. The molecular weight excluding hydrogens is 342 g/mol. The number of hydrogen-bond acceptors (Lipinski definition) is 5. The highest BCUT2D eigenvalue weighted by Crippen LogP contribution is 2.28. The summed E-state index contributed by atoms with van der Waals surface area (Å²) in [7, 11) is 0.